The van der Waals surface area contributed by atoms with Crippen LogP contribution >= 0.6 is 0 Å². The number of sulfonamides is 1. The molecule has 0 heterocycles. The minimum Gasteiger partial charge on any atom is -0.497 e. The predicted molar refractivity (Wildman–Crippen MR) is 158 cm³/mol. The average Bonchev–Trinajstić information content (AvgIpc) is 2.94. The van der Waals surface area contributed by atoms with E-state index in [9.17, 15) is 18.0 Å². The second kappa shape index (κ2) is 13.5. The van der Waals surface area contributed by atoms with Crippen molar-refractivity contribution in [1.82, 2.24) is 10.2 Å². The number of carbonyl (C=O) groups excluding carboxylic acids is 2. The zero-order chi connectivity index (χ0) is 29.4. The third-order valence-corrected chi connectivity index (χ3v) is 8.57. The van der Waals surface area contributed by atoms with Crippen LogP contribution in [0.5, 0.6) is 5.75 Å². The van der Waals surface area contributed by atoms with E-state index >= 15 is 0 Å². The van der Waals surface area contributed by atoms with Gasteiger partial charge in [-0.15, -0.1) is 0 Å². The molecule has 40 heavy (non-hydrogen) atoms. The van der Waals surface area contributed by atoms with Gasteiger partial charge < -0.3 is 15.0 Å². The molecule has 3 aromatic carbocycles. The summed E-state index contributed by atoms with van der Waals surface area (Å²) in [5.41, 5.74) is 2.90. The summed E-state index contributed by atoms with van der Waals surface area (Å²) < 4.78 is 34.2. The van der Waals surface area contributed by atoms with Crippen molar-refractivity contribution in [2.45, 2.75) is 64.6 Å². The van der Waals surface area contributed by atoms with Gasteiger partial charge in [-0.1, -0.05) is 43.3 Å². The number of benzene rings is 3. The summed E-state index contributed by atoms with van der Waals surface area (Å²) in [6.07, 6.45) is 0.737. The fourth-order valence-electron chi connectivity index (χ4n) is 4.32. The van der Waals surface area contributed by atoms with Crippen LogP contribution in [0.1, 0.15) is 43.9 Å². The molecule has 8 nitrogen and oxygen atoms in total. The summed E-state index contributed by atoms with van der Waals surface area (Å²) in [7, 11) is -2.53. The molecule has 0 aliphatic carbocycles. The number of carbonyl (C=O) groups is 2. The molecule has 0 bridgehead atoms. The molecule has 0 fully saturated rings. The first kappa shape index (κ1) is 30.7. The Labute approximate surface area is 238 Å². The average molecular weight is 566 g/mol. The summed E-state index contributed by atoms with van der Waals surface area (Å²) in [5.74, 6) is -0.138. The number of methoxy groups -OCH3 is 1. The summed E-state index contributed by atoms with van der Waals surface area (Å²) in [6, 6.07) is 19.8. The molecule has 0 aromatic heterocycles. The van der Waals surface area contributed by atoms with Crippen molar-refractivity contribution in [2.75, 3.05) is 18.0 Å². The van der Waals surface area contributed by atoms with Crippen molar-refractivity contribution in [1.29, 1.82) is 0 Å². The molecule has 0 unspecified atom stereocenters. The highest BCUT2D eigenvalue weighted by Crippen LogP contribution is 2.27. The van der Waals surface area contributed by atoms with Crippen LogP contribution in [0.15, 0.2) is 77.7 Å². The van der Waals surface area contributed by atoms with Crippen molar-refractivity contribution in [3.63, 3.8) is 0 Å². The number of hydrogen-bond donors (Lipinski definition) is 1. The number of aryl methyl sites for hydroxylation is 2. The van der Waals surface area contributed by atoms with Gasteiger partial charge in [-0.2, -0.15) is 0 Å². The zero-order valence-electron chi connectivity index (χ0n) is 24.0. The number of nitrogens with zero attached hydrogens (tertiary/aromatic N) is 2. The third kappa shape index (κ3) is 7.63. The second-order valence-corrected chi connectivity index (χ2v) is 11.9. The normalized spacial score (nSPS) is 12.8. The minimum atomic E-state index is -4.10. The Morgan fingerprint density at radius 1 is 0.925 bits per heavy atom. The predicted octanol–water partition coefficient (Wildman–Crippen LogP) is 4.84. The largest absolute Gasteiger partial charge is 0.497 e. The molecule has 0 saturated heterocycles. The van der Waals surface area contributed by atoms with Crippen molar-refractivity contribution >= 4 is 27.5 Å². The van der Waals surface area contributed by atoms with Gasteiger partial charge in [0.15, 0.2) is 0 Å². The number of ether oxygens (including phenoxy) is 1. The van der Waals surface area contributed by atoms with Crippen LogP contribution in [0.2, 0.25) is 0 Å². The molecule has 1 N–H and O–H groups in total. The van der Waals surface area contributed by atoms with E-state index in [2.05, 4.69) is 5.32 Å². The number of nitrogens with one attached hydrogen (secondary N) is 1. The van der Waals surface area contributed by atoms with Gasteiger partial charge in [0.05, 0.1) is 17.7 Å². The smallest absolute Gasteiger partial charge is 0.264 e. The summed E-state index contributed by atoms with van der Waals surface area (Å²) in [6.45, 7) is 8.92. The van der Waals surface area contributed by atoms with Gasteiger partial charge >= 0.3 is 0 Å². The van der Waals surface area contributed by atoms with Gasteiger partial charge in [-0.3, -0.25) is 13.9 Å². The van der Waals surface area contributed by atoms with Crippen molar-refractivity contribution < 1.29 is 22.7 Å². The van der Waals surface area contributed by atoms with E-state index in [0.717, 1.165) is 27.4 Å². The van der Waals surface area contributed by atoms with E-state index in [0.29, 0.717) is 11.4 Å². The number of rotatable bonds is 12. The Hall–Kier alpha value is -3.85. The zero-order valence-corrected chi connectivity index (χ0v) is 24.9. The summed E-state index contributed by atoms with van der Waals surface area (Å²) >= 11 is 0. The molecule has 0 spiro atoms. The van der Waals surface area contributed by atoms with Crippen LogP contribution in [-0.2, 0) is 26.2 Å². The van der Waals surface area contributed by atoms with E-state index in [1.54, 1.807) is 56.5 Å². The lowest BCUT2D eigenvalue weighted by Crippen LogP contribution is -2.52. The monoisotopic (exact) mass is 565 g/mol. The van der Waals surface area contributed by atoms with Crippen LogP contribution in [-0.4, -0.2) is 50.9 Å². The van der Waals surface area contributed by atoms with Gasteiger partial charge in [0.1, 0.15) is 18.3 Å². The van der Waals surface area contributed by atoms with Crippen LogP contribution in [0.4, 0.5) is 5.69 Å². The number of hydrogen-bond acceptors (Lipinski definition) is 5. The van der Waals surface area contributed by atoms with Gasteiger partial charge in [-0.05, 0) is 87.2 Å². The van der Waals surface area contributed by atoms with Crippen LogP contribution in [0, 0.1) is 13.8 Å². The molecule has 2 atom stereocenters. The fraction of sp³-hybridized carbons (Fsp3) is 0.355. The Morgan fingerprint density at radius 2 is 1.52 bits per heavy atom. The van der Waals surface area contributed by atoms with E-state index in [1.165, 1.54) is 17.0 Å². The first-order valence-electron chi connectivity index (χ1n) is 13.3. The summed E-state index contributed by atoms with van der Waals surface area (Å²) in [5, 5.41) is 2.94. The van der Waals surface area contributed by atoms with E-state index in [1.807, 2.05) is 45.9 Å². The highest BCUT2D eigenvalue weighted by atomic mass is 32.2. The van der Waals surface area contributed by atoms with Gasteiger partial charge in [0.25, 0.3) is 10.0 Å². The maximum absolute atomic E-state index is 14.0. The Kier molecular flexibility index (Phi) is 10.3. The van der Waals surface area contributed by atoms with E-state index < -0.39 is 28.5 Å². The molecule has 0 radical (unpaired) electrons. The Balaban J connectivity index is 2.04. The van der Waals surface area contributed by atoms with E-state index in [-0.39, 0.29) is 23.4 Å². The number of anilines is 1. The topological polar surface area (TPSA) is 96.0 Å². The lowest BCUT2D eigenvalue weighted by Gasteiger charge is -2.32. The minimum absolute atomic E-state index is 0.0712. The lowest BCUT2D eigenvalue weighted by molar-refractivity contribution is -0.139. The highest BCUT2D eigenvalue weighted by molar-refractivity contribution is 7.92. The first-order chi connectivity index (χ1) is 19.0. The Bertz CT molecular complexity index is 1390. The highest BCUT2D eigenvalue weighted by Gasteiger charge is 2.33. The van der Waals surface area contributed by atoms with Gasteiger partial charge in [-0.25, -0.2) is 8.42 Å². The maximum Gasteiger partial charge on any atom is 0.264 e. The Morgan fingerprint density at radius 3 is 2.08 bits per heavy atom. The van der Waals surface area contributed by atoms with Crippen molar-refractivity contribution in [3.8, 4) is 5.75 Å². The molecule has 0 aliphatic rings. The first-order valence-corrected chi connectivity index (χ1v) is 14.8. The van der Waals surface area contributed by atoms with Crippen LogP contribution in [0.25, 0.3) is 0 Å². The van der Waals surface area contributed by atoms with Crippen LogP contribution < -0.4 is 14.4 Å². The summed E-state index contributed by atoms with van der Waals surface area (Å²) in [4.78, 5) is 28.7. The molecule has 0 saturated carbocycles. The quantitative estimate of drug-likeness (QED) is 0.339. The van der Waals surface area contributed by atoms with Gasteiger partial charge in [0, 0.05) is 12.6 Å². The van der Waals surface area contributed by atoms with Crippen molar-refractivity contribution in [2.24, 2.45) is 0 Å². The third-order valence-electron chi connectivity index (χ3n) is 6.78. The fourth-order valence-corrected chi connectivity index (χ4v) is 5.74. The standard InChI is InChI=1S/C31H39N3O5S/c1-7-24(4)32-31(36)25(5)33(20-26-13-15-28(39-6)16-14-26)30(35)21-34(27-18-22(2)17-23(3)19-27)40(37,38)29-11-9-8-10-12-29/h8-19,24-25H,7,20-21H2,1-6H3,(H,32,36)/t24-,25-/m0/s1. The molecular weight excluding hydrogens is 526 g/mol. The molecule has 214 valence electrons. The molecule has 9 heteroatoms. The van der Waals surface area contributed by atoms with Gasteiger partial charge in [0.2, 0.25) is 11.8 Å². The van der Waals surface area contributed by atoms with Crippen LogP contribution in [0.3, 0.4) is 0 Å². The molecule has 3 aromatic rings. The van der Waals surface area contributed by atoms with Crippen molar-refractivity contribution in [3.05, 3.63) is 89.5 Å². The SMILES string of the molecule is CC[C@H](C)NC(=O)[C@H](C)N(Cc1ccc(OC)cc1)C(=O)CN(c1cc(C)cc(C)c1)S(=O)(=O)c1ccccc1. The second-order valence-electron chi connectivity index (χ2n) is 10.0. The maximum atomic E-state index is 14.0. The van der Waals surface area contributed by atoms with E-state index in [4.69, 9.17) is 4.74 Å². The molecular formula is C31H39N3O5S. The molecule has 2 amide bonds. The number of amides is 2. The molecule has 3 rings (SSSR count). The molecule has 0 aliphatic heterocycles. The lowest BCUT2D eigenvalue weighted by atomic mass is 10.1.